The number of rotatable bonds is 3. The van der Waals surface area contributed by atoms with E-state index in [-0.39, 0.29) is 11.9 Å². The number of hydrogen-bond donors (Lipinski definition) is 2. The predicted octanol–water partition coefficient (Wildman–Crippen LogP) is 2.65. The molecule has 0 aromatic heterocycles. The molecule has 3 rings (SSSR count). The molecule has 4 nitrogen and oxygen atoms in total. The van der Waals surface area contributed by atoms with Gasteiger partial charge in [-0.1, -0.05) is 30.3 Å². The quantitative estimate of drug-likeness (QED) is 0.909. The lowest BCUT2D eigenvalue weighted by molar-refractivity contribution is -0.122. The van der Waals surface area contributed by atoms with Gasteiger partial charge in [0, 0.05) is 18.2 Å². The summed E-state index contributed by atoms with van der Waals surface area (Å²) in [5.74, 6) is 0.671. The third kappa shape index (κ3) is 2.90. The first-order chi connectivity index (χ1) is 10.1. The molecule has 0 radical (unpaired) electrons. The number of carbonyl (C=O) groups excluding carboxylic acids is 1. The van der Waals surface area contributed by atoms with E-state index in [2.05, 4.69) is 5.32 Å². The molecule has 0 spiro atoms. The van der Waals surface area contributed by atoms with Crippen LogP contribution in [0.5, 0.6) is 5.75 Å². The molecule has 2 aromatic carbocycles. The van der Waals surface area contributed by atoms with E-state index in [0.29, 0.717) is 6.42 Å². The van der Waals surface area contributed by atoms with E-state index in [1.165, 1.54) is 0 Å². The van der Waals surface area contributed by atoms with Crippen molar-refractivity contribution in [3.05, 3.63) is 59.7 Å². The smallest absolute Gasteiger partial charge is 0.265 e. The number of benzene rings is 2. The number of ether oxygens (including phenoxy) is 1. The van der Waals surface area contributed by atoms with E-state index in [4.69, 9.17) is 10.5 Å². The van der Waals surface area contributed by atoms with E-state index in [0.717, 1.165) is 22.6 Å². The number of fused-ring (bicyclic) bond motifs is 1. The molecule has 0 saturated carbocycles. The summed E-state index contributed by atoms with van der Waals surface area (Å²) >= 11 is 0. The van der Waals surface area contributed by atoms with E-state index in [1.54, 1.807) is 0 Å². The lowest BCUT2D eigenvalue weighted by Gasteiger charge is -2.12. The van der Waals surface area contributed by atoms with Crippen LogP contribution in [0.15, 0.2) is 48.5 Å². The molecule has 0 fully saturated rings. The van der Waals surface area contributed by atoms with Crippen LogP contribution in [0.2, 0.25) is 0 Å². The highest BCUT2D eigenvalue weighted by Gasteiger charge is 2.28. The van der Waals surface area contributed by atoms with Gasteiger partial charge in [-0.15, -0.1) is 0 Å². The number of hydrogen-bond acceptors (Lipinski definition) is 3. The first kappa shape index (κ1) is 13.6. The van der Waals surface area contributed by atoms with Gasteiger partial charge in [0.2, 0.25) is 0 Å². The lowest BCUT2D eigenvalue weighted by Crippen LogP contribution is -2.31. The van der Waals surface area contributed by atoms with Crippen LogP contribution in [0.1, 0.15) is 24.1 Å². The summed E-state index contributed by atoms with van der Waals surface area (Å²) in [6, 6.07) is 15.3. The minimum Gasteiger partial charge on any atom is -0.480 e. The minimum atomic E-state index is -0.462. The minimum absolute atomic E-state index is 0.0117. The van der Waals surface area contributed by atoms with Gasteiger partial charge in [0.1, 0.15) is 5.75 Å². The van der Waals surface area contributed by atoms with Gasteiger partial charge in [0.05, 0.1) is 0 Å². The van der Waals surface area contributed by atoms with Gasteiger partial charge in [-0.2, -0.15) is 0 Å². The molecule has 2 atom stereocenters. The summed E-state index contributed by atoms with van der Waals surface area (Å²) in [6.45, 7) is 1.93. The van der Waals surface area contributed by atoms with Gasteiger partial charge < -0.3 is 15.8 Å². The molecule has 1 aliphatic heterocycles. The zero-order chi connectivity index (χ0) is 14.8. The zero-order valence-electron chi connectivity index (χ0n) is 11.9. The molecule has 1 heterocycles. The van der Waals surface area contributed by atoms with Crippen molar-refractivity contribution >= 4 is 11.6 Å². The maximum Gasteiger partial charge on any atom is 0.265 e. The molecule has 108 valence electrons. The molecule has 1 aliphatic rings. The topological polar surface area (TPSA) is 64.3 Å². The first-order valence-corrected chi connectivity index (χ1v) is 7.04. The van der Waals surface area contributed by atoms with Gasteiger partial charge in [-0.3, -0.25) is 4.79 Å². The fourth-order valence-electron chi connectivity index (χ4n) is 2.42. The number of nitrogens with one attached hydrogen (secondary N) is 1. The number of para-hydroxylation sites is 1. The lowest BCUT2D eigenvalue weighted by atomic mass is 10.1. The summed E-state index contributed by atoms with van der Waals surface area (Å²) in [5, 5.41) is 2.88. The van der Waals surface area contributed by atoms with Gasteiger partial charge >= 0.3 is 0 Å². The number of anilines is 1. The largest absolute Gasteiger partial charge is 0.480 e. The Balaban J connectivity index is 1.65. The van der Waals surface area contributed by atoms with Crippen molar-refractivity contribution in [2.45, 2.75) is 25.5 Å². The number of nitrogens with two attached hydrogens (primary N) is 1. The van der Waals surface area contributed by atoms with E-state index in [1.807, 2.05) is 55.5 Å². The maximum absolute atomic E-state index is 12.2. The molecule has 2 unspecified atom stereocenters. The highest BCUT2D eigenvalue weighted by Crippen LogP contribution is 2.28. The Hall–Kier alpha value is -2.33. The summed E-state index contributed by atoms with van der Waals surface area (Å²) in [7, 11) is 0. The highest BCUT2D eigenvalue weighted by atomic mass is 16.5. The van der Waals surface area contributed by atoms with Crippen molar-refractivity contribution in [2.24, 2.45) is 5.73 Å². The molecule has 1 amide bonds. The van der Waals surface area contributed by atoms with E-state index >= 15 is 0 Å². The monoisotopic (exact) mass is 282 g/mol. The predicted molar refractivity (Wildman–Crippen MR) is 82.2 cm³/mol. The SMILES string of the molecule is CC(N)c1ccc(NC(=O)C2Cc3ccccc3O2)cc1. The summed E-state index contributed by atoms with van der Waals surface area (Å²) < 4.78 is 5.67. The van der Waals surface area contributed by atoms with Crippen LogP contribution < -0.4 is 15.8 Å². The first-order valence-electron chi connectivity index (χ1n) is 7.04. The average molecular weight is 282 g/mol. The molecule has 0 aliphatic carbocycles. The summed E-state index contributed by atoms with van der Waals surface area (Å²) in [6.07, 6.45) is 0.149. The number of amides is 1. The normalized spacial score (nSPS) is 17.7. The van der Waals surface area contributed by atoms with Gasteiger partial charge in [0.25, 0.3) is 5.91 Å². The van der Waals surface area contributed by atoms with Crippen LogP contribution in [0, 0.1) is 0 Å². The van der Waals surface area contributed by atoms with Crippen molar-refractivity contribution in [3.63, 3.8) is 0 Å². The van der Waals surface area contributed by atoms with Gasteiger partial charge in [-0.05, 0) is 36.2 Å². The second-order valence-electron chi connectivity index (χ2n) is 5.32. The molecule has 21 heavy (non-hydrogen) atoms. The zero-order valence-corrected chi connectivity index (χ0v) is 11.9. The Bertz CT molecular complexity index is 625. The average Bonchev–Trinajstić information content (AvgIpc) is 2.92. The summed E-state index contributed by atoms with van der Waals surface area (Å²) in [4.78, 5) is 12.2. The third-order valence-electron chi connectivity index (χ3n) is 3.64. The van der Waals surface area contributed by atoms with Crippen LogP contribution >= 0.6 is 0 Å². The van der Waals surface area contributed by atoms with Gasteiger partial charge in [-0.25, -0.2) is 0 Å². The third-order valence-corrected chi connectivity index (χ3v) is 3.64. The molecular weight excluding hydrogens is 264 g/mol. The molecule has 3 N–H and O–H groups in total. The fourth-order valence-corrected chi connectivity index (χ4v) is 2.42. The Labute approximate surface area is 123 Å². The summed E-state index contributed by atoms with van der Waals surface area (Å²) in [5.41, 5.74) is 8.67. The Morgan fingerprint density at radius 2 is 1.95 bits per heavy atom. The van der Waals surface area contributed by atoms with E-state index < -0.39 is 6.10 Å². The van der Waals surface area contributed by atoms with E-state index in [9.17, 15) is 4.79 Å². The van der Waals surface area contributed by atoms with Crippen molar-refractivity contribution < 1.29 is 9.53 Å². The Kier molecular flexibility index (Phi) is 3.62. The fraction of sp³-hybridized carbons (Fsp3) is 0.235. The Morgan fingerprint density at radius 3 is 2.62 bits per heavy atom. The van der Waals surface area contributed by atoms with Crippen molar-refractivity contribution in [3.8, 4) is 5.75 Å². The van der Waals surface area contributed by atoms with Crippen LogP contribution in [0.25, 0.3) is 0 Å². The van der Waals surface area contributed by atoms with Crippen LogP contribution in [0.3, 0.4) is 0 Å². The second kappa shape index (κ2) is 5.58. The van der Waals surface area contributed by atoms with Crippen molar-refractivity contribution in [1.82, 2.24) is 0 Å². The Morgan fingerprint density at radius 1 is 1.24 bits per heavy atom. The second-order valence-corrected chi connectivity index (χ2v) is 5.32. The molecular formula is C17H18N2O2. The molecule has 2 aromatic rings. The van der Waals surface area contributed by atoms with Crippen LogP contribution in [-0.4, -0.2) is 12.0 Å². The van der Waals surface area contributed by atoms with Crippen molar-refractivity contribution in [1.29, 1.82) is 0 Å². The standard InChI is InChI=1S/C17H18N2O2/c1-11(18)12-6-8-14(9-7-12)19-17(20)16-10-13-4-2-3-5-15(13)21-16/h2-9,11,16H,10,18H2,1H3,(H,19,20). The molecule has 0 saturated heterocycles. The van der Waals surface area contributed by atoms with Crippen LogP contribution in [0.4, 0.5) is 5.69 Å². The maximum atomic E-state index is 12.2. The number of carbonyl (C=O) groups is 1. The van der Waals surface area contributed by atoms with Crippen molar-refractivity contribution in [2.75, 3.05) is 5.32 Å². The van der Waals surface area contributed by atoms with Gasteiger partial charge in [0.15, 0.2) is 6.10 Å². The van der Waals surface area contributed by atoms with Crippen LogP contribution in [-0.2, 0) is 11.2 Å². The molecule has 4 heteroatoms. The highest BCUT2D eigenvalue weighted by molar-refractivity contribution is 5.95. The molecule has 0 bridgehead atoms.